The van der Waals surface area contributed by atoms with Crippen molar-refractivity contribution in [2.45, 2.75) is 32.2 Å². The number of aromatic nitrogens is 2. The number of hydrogen-bond donors (Lipinski definition) is 2. The SMILES string of the molecule is COC(=O)C(Cc1cnc[nH]1)NC(=O)COc1ccc(C(C)C)cc1. The van der Waals surface area contributed by atoms with Crippen molar-refractivity contribution >= 4 is 11.9 Å². The van der Waals surface area contributed by atoms with Gasteiger partial charge < -0.3 is 19.8 Å². The van der Waals surface area contributed by atoms with Gasteiger partial charge in [-0.05, 0) is 23.6 Å². The Bertz CT molecular complexity index is 681. The van der Waals surface area contributed by atoms with Crippen molar-refractivity contribution < 1.29 is 19.1 Å². The molecule has 0 aliphatic heterocycles. The minimum absolute atomic E-state index is 0.183. The van der Waals surface area contributed by atoms with Crippen LogP contribution in [-0.2, 0) is 20.7 Å². The molecule has 0 bridgehead atoms. The Morgan fingerprint density at radius 1 is 1.24 bits per heavy atom. The number of carbonyl (C=O) groups is 2. The van der Waals surface area contributed by atoms with Gasteiger partial charge in [-0.1, -0.05) is 26.0 Å². The second kappa shape index (κ2) is 8.86. The van der Waals surface area contributed by atoms with Gasteiger partial charge in [0.1, 0.15) is 11.8 Å². The molecule has 2 aromatic rings. The van der Waals surface area contributed by atoms with Crippen molar-refractivity contribution in [3.05, 3.63) is 48.0 Å². The molecule has 0 fully saturated rings. The number of ether oxygens (including phenoxy) is 2. The summed E-state index contributed by atoms with van der Waals surface area (Å²) in [6.45, 7) is 4.03. The fourth-order valence-corrected chi connectivity index (χ4v) is 2.29. The quantitative estimate of drug-likeness (QED) is 0.712. The fraction of sp³-hybridized carbons (Fsp3) is 0.389. The van der Waals surface area contributed by atoms with E-state index in [4.69, 9.17) is 9.47 Å². The molecule has 0 aliphatic rings. The van der Waals surface area contributed by atoms with E-state index < -0.39 is 17.9 Å². The van der Waals surface area contributed by atoms with E-state index in [2.05, 4.69) is 29.1 Å². The lowest BCUT2D eigenvalue weighted by Gasteiger charge is -2.16. The van der Waals surface area contributed by atoms with Gasteiger partial charge in [0, 0.05) is 18.3 Å². The molecule has 7 nitrogen and oxygen atoms in total. The van der Waals surface area contributed by atoms with Gasteiger partial charge in [0.2, 0.25) is 0 Å². The Morgan fingerprint density at radius 2 is 1.96 bits per heavy atom. The van der Waals surface area contributed by atoms with E-state index in [1.807, 2.05) is 24.3 Å². The first-order valence-corrected chi connectivity index (χ1v) is 8.06. The van der Waals surface area contributed by atoms with Gasteiger partial charge in [-0.2, -0.15) is 0 Å². The molecular formula is C18H23N3O4. The summed E-state index contributed by atoms with van der Waals surface area (Å²) in [6, 6.07) is 6.78. The second-order valence-corrected chi connectivity index (χ2v) is 5.94. The molecule has 1 aromatic heterocycles. The largest absolute Gasteiger partial charge is 0.484 e. The highest BCUT2D eigenvalue weighted by Gasteiger charge is 2.22. The van der Waals surface area contributed by atoms with Gasteiger partial charge in [0.05, 0.1) is 13.4 Å². The summed E-state index contributed by atoms with van der Waals surface area (Å²) in [6.07, 6.45) is 3.37. The highest BCUT2D eigenvalue weighted by Crippen LogP contribution is 2.18. The molecule has 134 valence electrons. The molecule has 0 spiro atoms. The van der Waals surface area contributed by atoms with Crippen LogP contribution in [0.3, 0.4) is 0 Å². The second-order valence-electron chi connectivity index (χ2n) is 5.94. The highest BCUT2D eigenvalue weighted by atomic mass is 16.5. The predicted molar refractivity (Wildman–Crippen MR) is 92.3 cm³/mol. The number of nitrogens with zero attached hydrogens (tertiary/aromatic N) is 1. The summed E-state index contributed by atoms with van der Waals surface area (Å²) in [5.74, 6) is 0.107. The average molecular weight is 345 g/mol. The number of nitrogens with one attached hydrogen (secondary N) is 2. The lowest BCUT2D eigenvalue weighted by Crippen LogP contribution is -2.45. The van der Waals surface area contributed by atoms with Gasteiger partial charge in [0.15, 0.2) is 6.61 Å². The average Bonchev–Trinajstić information content (AvgIpc) is 3.12. The van der Waals surface area contributed by atoms with E-state index >= 15 is 0 Å². The summed E-state index contributed by atoms with van der Waals surface area (Å²) in [5, 5.41) is 2.62. The zero-order valence-electron chi connectivity index (χ0n) is 14.6. The third kappa shape index (κ3) is 5.63. The van der Waals surface area contributed by atoms with Gasteiger partial charge in [-0.15, -0.1) is 0 Å². The Kier molecular flexibility index (Phi) is 6.56. The summed E-state index contributed by atoms with van der Waals surface area (Å²) >= 11 is 0. The molecule has 1 unspecified atom stereocenters. The molecule has 0 aliphatic carbocycles. The molecule has 0 saturated carbocycles. The van der Waals surface area contributed by atoms with Crippen LogP contribution < -0.4 is 10.1 Å². The maximum Gasteiger partial charge on any atom is 0.328 e. The van der Waals surface area contributed by atoms with Gasteiger partial charge in [-0.25, -0.2) is 9.78 Å². The summed E-state index contributed by atoms with van der Waals surface area (Å²) in [4.78, 5) is 30.7. The number of hydrogen-bond acceptors (Lipinski definition) is 5. The molecule has 7 heteroatoms. The number of rotatable bonds is 8. The molecule has 0 radical (unpaired) electrons. The van der Waals surface area contributed by atoms with E-state index in [1.165, 1.54) is 19.0 Å². The Morgan fingerprint density at radius 3 is 2.52 bits per heavy atom. The first-order valence-electron chi connectivity index (χ1n) is 8.06. The molecule has 1 aromatic carbocycles. The van der Waals surface area contributed by atoms with Crippen molar-refractivity contribution in [2.24, 2.45) is 0 Å². The topological polar surface area (TPSA) is 93.3 Å². The van der Waals surface area contributed by atoms with Crippen molar-refractivity contribution in [3.63, 3.8) is 0 Å². The summed E-state index contributed by atoms with van der Waals surface area (Å²) in [7, 11) is 1.28. The number of methoxy groups -OCH3 is 1. The van der Waals surface area contributed by atoms with Crippen LogP contribution in [0, 0.1) is 0 Å². The number of benzene rings is 1. The van der Waals surface area contributed by atoms with Crippen LogP contribution >= 0.6 is 0 Å². The van der Waals surface area contributed by atoms with E-state index in [0.717, 1.165) is 5.69 Å². The maximum atomic E-state index is 12.1. The fourth-order valence-electron chi connectivity index (χ4n) is 2.29. The number of imidazole rings is 1. The van der Waals surface area contributed by atoms with Crippen LogP contribution in [0.1, 0.15) is 31.0 Å². The van der Waals surface area contributed by atoms with E-state index in [1.54, 1.807) is 6.20 Å². The normalized spacial score (nSPS) is 11.8. The van der Waals surface area contributed by atoms with Crippen molar-refractivity contribution in [1.82, 2.24) is 15.3 Å². The maximum absolute atomic E-state index is 12.1. The lowest BCUT2D eigenvalue weighted by molar-refractivity contribution is -0.145. The first kappa shape index (κ1) is 18.5. The minimum atomic E-state index is -0.801. The third-order valence-corrected chi connectivity index (χ3v) is 3.72. The van der Waals surface area contributed by atoms with Crippen molar-refractivity contribution in [1.29, 1.82) is 0 Å². The summed E-state index contributed by atoms with van der Waals surface area (Å²) < 4.78 is 10.2. The van der Waals surface area contributed by atoms with Crippen LogP contribution in [0.25, 0.3) is 0 Å². The zero-order chi connectivity index (χ0) is 18.2. The number of carbonyl (C=O) groups excluding carboxylic acids is 2. The van der Waals surface area contributed by atoms with E-state index in [-0.39, 0.29) is 13.0 Å². The Labute approximate surface area is 146 Å². The van der Waals surface area contributed by atoms with Crippen LogP contribution in [0.5, 0.6) is 5.75 Å². The highest BCUT2D eigenvalue weighted by molar-refractivity contribution is 5.85. The third-order valence-electron chi connectivity index (χ3n) is 3.72. The molecule has 2 rings (SSSR count). The smallest absolute Gasteiger partial charge is 0.328 e. The van der Waals surface area contributed by atoms with Crippen LogP contribution in [-0.4, -0.2) is 41.6 Å². The van der Waals surface area contributed by atoms with Crippen molar-refractivity contribution in [2.75, 3.05) is 13.7 Å². The van der Waals surface area contributed by atoms with Gasteiger partial charge >= 0.3 is 5.97 Å². The number of aromatic amines is 1. The van der Waals surface area contributed by atoms with E-state index in [9.17, 15) is 9.59 Å². The number of amides is 1. The molecule has 1 atom stereocenters. The van der Waals surface area contributed by atoms with Crippen LogP contribution in [0.4, 0.5) is 0 Å². The number of H-pyrrole nitrogens is 1. The molecule has 25 heavy (non-hydrogen) atoms. The van der Waals surface area contributed by atoms with Gasteiger partial charge in [0.25, 0.3) is 5.91 Å². The molecular weight excluding hydrogens is 322 g/mol. The Balaban J connectivity index is 1.88. The number of esters is 1. The minimum Gasteiger partial charge on any atom is -0.484 e. The molecule has 1 amide bonds. The molecule has 1 heterocycles. The monoisotopic (exact) mass is 345 g/mol. The van der Waals surface area contributed by atoms with E-state index in [0.29, 0.717) is 11.7 Å². The summed E-state index contributed by atoms with van der Waals surface area (Å²) in [5.41, 5.74) is 1.92. The van der Waals surface area contributed by atoms with Crippen LogP contribution in [0.2, 0.25) is 0 Å². The zero-order valence-corrected chi connectivity index (χ0v) is 14.6. The Hall–Kier alpha value is -2.83. The van der Waals surface area contributed by atoms with Crippen LogP contribution in [0.15, 0.2) is 36.8 Å². The lowest BCUT2D eigenvalue weighted by atomic mass is 10.0. The van der Waals surface area contributed by atoms with Crippen molar-refractivity contribution in [3.8, 4) is 5.75 Å². The molecule has 0 saturated heterocycles. The van der Waals surface area contributed by atoms with Gasteiger partial charge in [-0.3, -0.25) is 4.79 Å². The first-order chi connectivity index (χ1) is 12.0. The predicted octanol–water partition coefficient (Wildman–Crippen LogP) is 1.81. The standard InChI is InChI=1S/C18H23N3O4/c1-12(2)13-4-6-15(7-5-13)25-10-17(22)21-16(18(23)24-3)8-14-9-19-11-20-14/h4-7,9,11-12,16H,8,10H2,1-3H3,(H,19,20)(H,21,22). The molecule has 2 N–H and O–H groups in total.